The zero-order valence-corrected chi connectivity index (χ0v) is 16.3. The van der Waals surface area contributed by atoms with Crippen LogP contribution in [-0.2, 0) is 6.54 Å². The highest BCUT2D eigenvalue weighted by Gasteiger charge is 2.18. The van der Waals surface area contributed by atoms with Crippen LogP contribution in [0.3, 0.4) is 0 Å². The topological polar surface area (TPSA) is 83.0 Å². The number of aromatic nitrogens is 1. The highest BCUT2D eigenvalue weighted by Crippen LogP contribution is 2.35. The standard InChI is InChI=1S/C21H16N2O5S/c1-2-23-14-9-16-17(27-8-7-26-16)10-18(14)29-21(23)22-20(25)13-11-28-15-6-4-3-5-12(15)19(13)24/h3-6,9-11H,2,7-8H2,1H3. The first-order valence-corrected chi connectivity index (χ1v) is 10.00. The summed E-state index contributed by atoms with van der Waals surface area (Å²) in [7, 11) is 0. The molecule has 0 saturated carbocycles. The number of carbonyl (C=O) groups is 1. The maximum absolute atomic E-state index is 12.8. The summed E-state index contributed by atoms with van der Waals surface area (Å²) in [6.07, 6.45) is 1.18. The number of benzene rings is 2. The fourth-order valence-corrected chi connectivity index (χ4v) is 4.47. The Morgan fingerprint density at radius 1 is 1.17 bits per heavy atom. The van der Waals surface area contributed by atoms with E-state index in [-0.39, 0.29) is 11.0 Å². The number of para-hydroxylation sites is 1. The van der Waals surface area contributed by atoms with Gasteiger partial charge in [-0.2, -0.15) is 4.99 Å². The van der Waals surface area contributed by atoms with Crippen molar-refractivity contribution in [2.24, 2.45) is 4.99 Å². The lowest BCUT2D eigenvalue weighted by molar-refractivity contribution is 0.0995. The number of aryl methyl sites for hydroxylation is 1. The third kappa shape index (κ3) is 2.92. The van der Waals surface area contributed by atoms with Crippen LogP contribution in [0.25, 0.3) is 21.2 Å². The molecule has 146 valence electrons. The second-order valence-electron chi connectivity index (χ2n) is 6.48. The van der Waals surface area contributed by atoms with Crippen molar-refractivity contribution in [3.63, 3.8) is 0 Å². The number of thiazole rings is 1. The Bertz CT molecular complexity index is 1400. The maximum atomic E-state index is 12.8. The van der Waals surface area contributed by atoms with Gasteiger partial charge in [0.25, 0.3) is 5.91 Å². The number of hydrogen-bond acceptors (Lipinski definition) is 6. The Morgan fingerprint density at radius 3 is 2.72 bits per heavy atom. The number of carbonyl (C=O) groups excluding carboxylic acids is 1. The third-order valence-corrected chi connectivity index (χ3v) is 5.81. The zero-order chi connectivity index (χ0) is 20.0. The molecule has 0 radical (unpaired) electrons. The Hall–Kier alpha value is -3.39. The molecule has 0 spiro atoms. The highest BCUT2D eigenvalue weighted by atomic mass is 32.1. The molecule has 0 atom stereocenters. The van der Waals surface area contributed by atoms with E-state index >= 15 is 0 Å². The van der Waals surface area contributed by atoms with Crippen molar-refractivity contribution in [1.82, 2.24) is 4.57 Å². The molecule has 0 fully saturated rings. The van der Waals surface area contributed by atoms with Gasteiger partial charge in [0.05, 0.1) is 15.6 Å². The van der Waals surface area contributed by atoms with Crippen LogP contribution in [0.4, 0.5) is 0 Å². The first-order valence-electron chi connectivity index (χ1n) is 9.18. The molecule has 0 bridgehead atoms. The summed E-state index contributed by atoms with van der Waals surface area (Å²) in [4.78, 5) is 30.2. The average molecular weight is 408 g/mol. The summed E-state index contributed by atoms with van der Waals surface area (Å²) in [6, 6.07) is 10.6. The van der Waals surface area contributed by atoms with Gasteiger partial charge in [0, 0.05) is 18.7 Å². The molecule has 4 aromatic rings. The van der Waals surface area contributed by atoms with E-state index in [0.29, 0.717) is 47.0 Å². The molecule has 7 nitrogen and oxygen atoms in total. The van der Waals surface area contributed by atoms with Gasteiger partial charge in [0.15, 0.2) is 16.3 Å². The van der Waals surface area contributed by atoms with Gasteiger partial charge in [-0.15, -0.1) is 0 Å². The van der Waals surface area contributed by atoms with E-state index in [2.05, 4.69) is 4.99 Å². The quantitative estimate of drug-likeness (QED) is 0.508. The predicted molar refractivity (Wildman–Crippen MR) is 109 cm³/mol. The van der Waals surface area contributed by atoms with Crippen LogP contribution in [0, 0.1) is 0 Å². The van der Waals surface area contributed by atoms with E-state index in [9.17, 15) is 9.59 Å². The number of amides is 1. The summed E-state index contributed by atoms with van der Waals surface area (Å²) in [5.74, 6) is 0.730. The lowest BCUT2D eigenvalue weighted by Crippen LogP contribution is -2.19. The number of rotatable bonds is 2. The van der Waals surface area contributed by atoms with Gasteiger partial charge in [-0.25, -0.2) is 0 Å². The molecule has 3 heterocycles. The van der Waals surface area contributed by atoms with E-state index in [1.807, 2.05) is 23.6 Å². The Labute approximate surface area is 168 Å². The monoisotopic (exact) mass is 408 g/mol. The summed E-state index contributed by atoms with van der Waals surface area (Å²) in [5.41, 5.74) is 0.862. The maximum Gasteiger partial charge on any atom is 0.286 e. The van der Waals surface area contributed by atoms with Crippen LogP contribution in [-0.4, -0.2) is 23.7 Å². The normalized spacial score (nSPS) is 13.9. The second kappa shape index (κ2) is 6.89. The zero-order valence-electron chi connectivity index (χ0n) is 15.5. The minimum absolute atomic E-state index is 0.0882. The molecule has 0 aliphatic carbocycles. The Kier molecular flexibility index (Phi) is 4.21. The fourth-order valence-electron chi connectivity index (χ4n) is 3.37. The SMILES string of the molecule is CCn1c(=NC(=O)c2coc3ccccc3c2=O)sc2cc3c(cc21)OCCO3. The summed E-state index contributed by atoms with van der Waals surface area (Å²) in [5, 5.41) is 0.357. The van der Waals surface area contributed by atoms with Crippen LogP contribution in [0.1, 0.15) is 17.3 Å². The molecule has 2 aromatic carbocycles. The third-order valence-electron chi connectivity index (χ3n) is 4.77. The molecule has 1 aliphatic heterocycles. The minimum atomic E-state index is -0.629. The summed E-state index contributed by atoms with van der Waals surface area (Å²) >= 11 is 1.36. The van der Waals surface area contributed by atoms with Crippen LogP contribution in [0.5, 0.6) is 11.5 Å². The summed E-state index contributed by atoms with van der Waals surface area (Å²) in [6.45, 7) is 3.59. The van der Waals surface area contributed by atoms with Crippen molar-refractivity contribution in [1.29, 1.82) is 0 Å². The van der Waals surface area contributed by atoms with Gasteiger partial charge in [-0.3, -0.25) is 9.59 Å². The Morgan fingerprint density at radius 2 is 1.93 bits per heavy atom. The van der Waals surface area contributed by atoms with Crippen molar-refractivity contribution < 1.29 is 18.7 Å². The van der Waals surface area contributed by atoms with Gasteiger partial charge < -0.3 is 18.5 Å². The molecule has 8 heteroatoms. The van der Waals surface area contributed by atoms with Crippen molar-refractivity contribution in [2.45, 2.75) is 13.5 Å². The van der Waals surface area contributed by atoms with Gasteiger partial charge in [-0.1, -0.05) is 23.5 Å². The smallest absolute Gasteiger partial charge is 0.286 e. The largest absolute Gasteiger partial charge is 0.486 e. The second-order valence-corrected chi connectivity index (χ2v) is 7.49. The van der Waals surface area contributed by atoms with Gasteiger partial charge in [0.1, 0.15) is 30.6 Å². The van der Waals surface area contributed by atoms with Gasteiger partial charge in [0.2, 0.25) is 5.43 Å². The molecule has 0 unspecified atom stereocenters. The van der Waals surface area contributed by atoms with E-state index in [4.69, 9.17) is 13.9 Å². The predicted octanol–water partition coefficient (Wildman–Crippen LogP) is 3.34. The number of hydrogen-bond donors (Lipinski definition) is 0. The van der Waals surface area contributed by atoms with Crippen LogP contribution >= 0.6 is 11.3 Å². The molecule has 2 aromatic heterocycles. The van der Waals surface area contributed by atoms with Crippen molar-refractivity contribution in [3.05, 3.63) is 63.2 Å². The molecule has 0 saturated heterocycles. The minimum Gasteiger partial charge on any atom is -0.486 e. The van der Waals surface area contributed by atoms with E-state index < -0.39 is 5.91 Å². The fraction of sp³-hybridized carbons (Fsp3) is 0.190. The van der Waals surface area contributed by atoms with E-state index in [1.165, 1.54) is 17.6 Å². The number of ether oxygens (including phenoxy) is 2. The highest BCUT2D eigenvalue weighted by molar-refractivity contribution is 7.16. The molecule has 5 rings (SSSR count). The van der Waals surface area contributed by atoms with Crippen molar-refractivity contribution >= 4 is 38.4 Å². The van der Waals surface area contributed by atoms with E-state index in [1.54, 1.807) is 24.3 Å². The van der Waals surface area contributed by atoms with Gasteiger partial charge >= 0.3 is 0 Å². The van der Waals surface area contributed by atoms with Crippen LogP contribution in [0.2, 0.25) is 0 Å². The van der Waals surface area contributed by atoms with Crippen molar-refractivity contribution in [3.8, 4) is 11.5 Å². The summed E-state index contributed by atoms with van der Waals surface area (Å²) < 4.78 is 19.6. The number of nitrogens with zero attached hydrogens (tertiary/aromatic N) is 2. The molecule has 29 heavy (non-hydrogen) atoms. The molecule has 1 aliphatic rings. The van der Waals surface area contributed by atoms with E-state index in [0.717, 1.165) is 10.2 Å². The molecule has 1 amide bonds. The van der Waals surface area contributed by atoms with Crippen LogP contribution < -0.4 is 19.7 Å². The van der Waals surface area contributed by atoms with Crippen LogP contribution in [0.15, 0.2) is 56.9 Å². The van der Waals surface area contributed by atoms with Crippen molar-refractivity contribution in [2.75, 3.05) is 13.2 Å². The number of fused-ring (bicyclic) bond motifs is 3. The molecule has 0 N–H and O–H groups in total. The first-order chi connectivity index (χ1) is 14.2. The average Bonchev–Trinajstić information content (AvgIpc) is 3.08. The Balaban J connectivity index is 1.66. The lowest BCUT2D eigenvalue weighted by atomic mass is 10.2. The molecular formula is C21H16N2O5S. The van der Waals surface area contributed by atoms with Gasteiger partial charge in [-0.05, 0) is 19.1 Å². The first kappa shape index (κ1) is 17.7. The lowest BCUT2D eigenvalue weighted by Gasteiger charge is -2.18. The molecular weight excluding hydrogens is 392 g/mol.